The molecule has 0 amide bonds. The normalized spacial score (nSPS) is 14.4. The first-order chi connectivity index (χ1) is 9.33. The highest BCUT2D eigenvalue weighted by Crippen LogP contribution is 2.18. The van der Waals surface area contributed by atoms with Gasteiger partial charge in [0, 0.05) is 13.1 Å². The van der Waals surface area contributed by atoms with Crippen molar-refractivity contribution in [3.05, 3.63) is 58.5 Å². The Morgan fingerprint density at radius 2 is 2.16 bits per heavy atom. The Hall–Kier alpha value is -1.58. The topological polar surface area (TPSA) is 37.2 Å². The van der Waals surface area contributed by atoms with E-state index in [1.165, 1.54) is 16.7 Å². The molecule has 3 rings (SSSR count). The summed E-state index contributed by atoms with van der Waals surface area (Å²) in [4.78, 5) is 0. The van der Waals surface area contributed by atoms with Gasteiger partial charge in [-0.25, -0.2) is 0 Å². The summed E-state index contributed by atoms with van der Waals surface area (Å²) in [5, 5.41) is 6.88. The average Bonchev–Trinajstić information content (AvgIpc) is 2.85. The Balaban J connectivity index is 1.64. The van der Waals surface area contributed by atoms with E-state index in [0.717, 1.165) is 44.1 Å². The van der Waals surface area contributed by atoms with Crippen LogP contribution in [0, 0.1) is 6.92 Å². The number of aryl methyl sites for hydroxylation is 1. The summed E-state index contributed by atoms with van der Waals surface area (Å²) < 4.78 is 5.56. The molecular weight excluding hydrogens is 236 g/mol. The van der Waals surface area contributed by atoms with Gasteiger partial charge in [0.25, 0.3) is 0 Å². The fraction of sp³-hybridized carbons (Fsp3) is 0.375. The third-order valence-electron chi connectivity index (χ3n) is 3.65. The third-order valence-corrected chi connectivity index (χ3v) is 3.65. The first-order valence-electron chi connectivity index (χ1n) is 6.89. The molecule has 1 aliphatic heterocycles. The van der Waals surface area contributed by atoms with Crippen molar-refractivity contribution in [1.29, 1.82) is 0 Å². The smallest absolute Gasteiger partial charge is 0.117 e. The van der Waals surface area contributed by atoms with Crippen molar-refractivity contribution in [1.82, 2.24) is 10.6 Å². The van der Waals surface area contributed by atoms with Crippen molar-refractivity contribution in [2.24, 2.45) is 0 Å². The summed E-state index contributed by atoms with van der Waals surface area (Å²) in [5.41, 5.74) is 4.38. The fourth-order valence-corrected chi connectivity index (χ4v) is 2.68. The lowest BCUT2D eigenvalue weighted by atomic mass is 9.95. The molecule has 3 nitrogen and oxygen atoms in total. The molecule has 0 saturated carbocycles. The molecule has 0 atom stereocenters. The second-order valence-electron chi connectivity index (χ2n) is 5.10. The SMILES string of the molecule is Cc1ccc(CNCc2cccc3c2CCNC3)o1. The summed E-state index contributed by atoms with van der Waals surface area (Å²) in [5.74, 6) is 1.98. The van der Waals surface area contributed by atoms with E-state index in [1.807, 2.05) is 19.1 Å². The highest BCUT2D eigenvalue weighted by atomic mass is 16.3. The molecule has 0 aliphatic carbocycles. The fourth-order valence-electron chi connectivity index (χ4n) is 2.68. The maximum Gasteiger partial charge on any atom is 0.117 e. The predicted molar refractivity (Wildman–Crippen MR) is 75.8 cm³/mol. The van der Waals surface area contributed by atoms with Gasteiger partial charge in [0.05, 0.1) is 6.54 Å². The Morgan fingerprint density at radius 3 is 3.00 bits per heavy atom. The van der Waals surface area contributed by atoms with Crippen LogP contribution in [0.3, 0.4) is 0 Å². The summed E-state index contributed by atoms with van der Waals surface area (Å²) in [7, 11) is 0. The minimum Gasteiger partial charge on any atom is -0.465 e. The third kappa shape index (κ3) is 2.88. The maximum atomic E-state index is 5.56. The van der Waals surface area contributed by atoms with Crippen LogP contribution in [0.5, 0.6) is 0 Å². The van der Waals surface area contributed by atoms with Crippen LogP contribution in [-0.2, 0) is 26.1 Å². The van der Waals surface area contributed by atoms with Crippen LogP contribution in [0.1, 0.15) is 28.2 Å². The van der Waals surface area contributed by atoms with Gasteiger partial charge in [-0.05, 0) is 48.7 Å². The van der Waals surface area contributed by atoms with Gasteiger partial charge in [-0.15, -0.1) is 0 Å². The molecule has 0 spiro atoms. The van der Waals surface area contributed by atoms with Crippen LogP contribution in [0.25, 0.3) is 0 Å². The standard InChI is InChI=1S/C16H20N2O/c1-12-5-6-15(19-12)11-18-10-14-4-2-3-13-9-17-8-7-16(13)14/h2-6,17-18H,7-11H2,1H3. The van der Waals surface area contributed by atoms with E-state index < -0.39 is 0 Å². The predicted octanol–water partition coefficient (Wildman–Crippen LogP) is 2.52. The van der Waals surface area contributed by atoms with E-state index in [1.54, 1.807) is 0 Å². The van der Waals surface area contributed by atoms with Gasteiger partial charge in [-0.3, -0.25) is 0 Å². The lowest BCUT2D eigenvalue weighted by molar-refractivity contribution is 0.461. The van der Waals surface area contributed by atoms with Gasteiger partial charge in [0.2, 0.25) is 0 Å². The number of rotatable bonds is 4. The van der Waals surface area contributed by atoms with Crippen LogP contribution in [0.15, 0.2) is 34.7 Å². The van der Waals surface area contributed by atoms with Gasteiger partial charge >= 0.3 is 0 Å². The summed E-state index contributed by atoms with van der Waals surface area (Å²) in [6.45, 7) is 5.75. The van der Waals surface area contributed by atoms with Gasteiger partial charge in [0.1, 0.15) is 11.5 Å². The molecule has 0 radical (unpaired) electrons. The zero-order chi connectivity index (χ0) is 13.1. The van der Waals surface area contributed by atoms with Gasteiger partial charge in [0.15, 0.2) is 0 Å². The van der Waals surface area contributed by atoms with E-state index in [-0.39, 0.29) is 0 Å². The average molecular weight is 256 g/mol. The Morgan fingerprint density at radius 1 is 1.21 bits per heavy atom. The largest absolute Gasteiger partial charge is 0.465 e. The van der Waals surface area contributed by atoms with Crippen LogP contribution in [-0.4, -0.2) is 6.54 Å². The lowest BCUT2D eigenvalue weighted by Gasteiger charge is -2.20. The first kappa shape index (κ1) is 12.5. The van der Waals surface area contributed by atoms with Crippen molar-refractivity contribution in [3.8, 4) is 0 Å². The number of hydrogen-bond donors (Lipinski definition) is 2. The van der Waals surface area contributed by atoms with Crippen LogP contribution < -0.4 is 10.6 Å². The second kappa shape index (κ2) is 5.59. The minimum atomic E-state index is 0.787. The number of benzene rings is 1. The molecule has 0 bridgehead atoms. The van der Waals surface area contributed by atoms with Crippen LogP contribution >= 0.6 is 0 Å². The van der Waals surface area contributed by atoms with Crippen molar-refractivity contribution < 1.29 is 4.42 Å². The van der Waals surface area contributed by atoms with Gasteiger partial charge in [-0.1, -0.05) is 18.2 Å². The highest BCUT2D eigenvalue weighted by Gasteiger charge is 2.11. The van der Waals surface area contributed by atoms with Crippen molar-refractivity contribution in [3.63, 3.8) is 0 Å². The lowest BCUT2D eigenvalue weighted by Crippen LogP contribution is -2.25. The number of nitrogens with one attached hydrogen (secondary N) is 2. The van der Waals surface area contributed by atoms with Gasteiger partial charge < -0.3 is 15.1 Å². The number of fused-ring (bicyclic) bond motifs is 1. The molecule has 19 heavy (non-hydrogen) atoms. The molecule has 0 unspecified atom stereocenters. The van der Waals surface area contributed by atoms with Crippen LogP contribution in [0.4, 0.5) is 0 Å². The van der Waals surface area contributed by atoms with E-state index in [4.69, 9.17) is 4.42 Å². The molecule has 0 fully saturated rings. The van der Waals surface area contributed by atoms with E-state index in [9.17, 15) is 0 Å². The summed E-state index contributed by atoms with van der Waals surface area (Å²) in [6.07, 6.45) is 1.13. The molecule has 1 aromatic carbocycles. The quantitative estimate of drug-likeness (QED) is 0.882. The molecule has 100 valence electrons. The number of furan rings is 1. The van der Waals surface area contributed by atoms with Crippen molar-refractivity contribution in [2.75, 3.05) is 6.54 Å². The highest BCUT2D eigenvalue weighted by molar-refractivity contribution is 5.36. The van der Waals surface area contributed by atoms with Crippen molar-refractivity contribution >= 4 is 0 Å². The van der Waals surface area contributed by atoms with E-state index in [2.05, 4.69) is 28.8 Å². The maximum absolute atomic E-state index is 5.56. The Bertz CT molecular complexity index is 560. The van der Waals surface area contributed by atoms with Gasteiger partial charge in [-0.2, -0.15) is 0 Å². The number of hydrogen-bond acceptors (Lipinski definition) is 3. The zero-order valence-corrected chi connectivity index (χ0v) is 11.3. The molecule has 2 heterocycles. The molecule has 2 aromatic rings. The molecule has 1 aromatic heterocycles. The van der Waals surface area contributed by atoms with Crippen LogP contribution in [0.2, 0.25) is 0 Å². The monoisotopic (exact) mass is 256 g/mol. The molecule has 1 aliphatic rings. The van der Waals surface area contributed by atoms with E-state index in [0.29, 0.717) is 0 Å². The molecule has 3 heteroatoms. The summed E-state index contributed by atoms with van der Waals surface area (Å²) >= 11 is 0. The van der Waals surface area contributed by atoms with Crippen molar-refractivity contribution in [2.45, 2.75) is 33.0 Å². The second-order valence-corrected chi connectivity index (χ2v) is 5.10. The Kier molecular flexibility index (Phi) is 3.67. The first-order valence-corrected chi connectivity index (χ1v) is 6.89. The Labute approximate surface area is 114 Å². The van der Waals surface area contributed by atoms with E-state index >= 15 is 0 Å². The summed E-state index contributed by atoms with van der Waals surface area (Å²) in [6, 6.07) is 10.6. The minimum absolute atomic E-state index is 0.787. The zero-order valence-electron chi connectivity index (χ0n) is 11.3. The molecular formula is C16H20N2O. The molecule has 2 N–H and O–H groups in total. The molecule has 0 saturated heterocycles.